The minimum atomic E-state index is -0.468. The number of nitrogens with two attached hydrogens (primary N) is 1. The van der Waals surface area contributed by atoms with Gasteiger partial charge in [-0.3, -0.25) is 4.79 Å². The van der Waals surface area contributed by atoms with Crippen LogP contribution < -0.4 is 11.1 Å². The number of thioether (sulfide) groups is 1. The average molecular weight is 266 g/mol. The Hall–Kier alpha value is -1.00. The van der Waals surface area contributed by atoms with Crippen molar-refractivity contribution in [2.24, 2.45) is 5.73 Å². The minimum Gasteiger partial charge on any atom is -0.352 e. The molecule has 0 radical (unpaired) electrons. The van der Waals surface area contributed by atoms with Gasteiger partial charge in [0.05, 0.1) is 6.04 Å². The molecule has 0 saturated heterocycles. The fourth-order valence-corrected chi connectivity index (χ4v) is 2.27. The SMILES string of the molecule is CSCCC(C)NC(=O)[C@H](N)Cc1ccccc1. The summed E-state index contributed by atoms with van der Waals surface area (Å²) in [6, 6.07) is 9.58. The summed E-state index contributed by atoms with van der Waals surface area (Å²) in [6.45, 7) is 2.02. The molecule has 0 aliphatic carbocycles. The lowest BCUT2D eigenvalue weighted by Crippen LogP contribution is -2.45. The van der Waals surface area contributed by atoms with E-state index in [1.54, 1.807) is 11.8 Å². The number of rotatable bonds is 7. The van der Waals surface area contributed by atoms with E-state index in [0.29, 0.717) is 6.42 Å². The molecule has 0 bridgehead atoms. The number of hydrogen-bond donors (Lipinski definition) is 2. The maximum atomic E-state index is 11.9. The van der Waals surface area contributed by atoms with Gasteiger partial charge in [0.1, 0.15) is 0 Å². The van der Waals surface area contributed by atoms with Crippen LogP contribution in [0.1, 0.15) is 18.9 Å². The normalized spacial score (nSPS) is 13.9. The summed E-state index contributed by atoms with van der Waals surface area (Å²) in [5.74, 6) is 0.988. The molecule has 18 heavy (non-hydrogen) atoms. The maximum Gasteiger partial charge on any atom is 0.237 e. The molecule has 1 aromatic rings. The first-order chi connectivity index (χ1) is 8.63. The standard InChI is InChI=1S/C14H22N2OS/c1-11(8-9-18-2)16-14(17)13(15)10-12-6-4-3-5-7-12/h3-7,11,13H,8-10,15H2,1-2H3,(H,16,17)/t11?,13-/m1/s1. The van der Waals surface area contributed by atoms with Crippen LogP contribution in [0.4, 0.5) is 0 Å². The predicted octanol–water partition coefficient (Wildman–Crippen LogP) is 1.81. The van der Waals surface area contributed by atoms with Crippen LogP contribution in [-0.4, -0.2) is 30.0 Å². The van der Waals surface area contributed by atoms with Gasteiger partial charge >= 0.3 is 0 Å². The zero-order chi connectivity index (χ0) is 13.4. The number of benzene rings is 1. The van der Waals surface area contributed by atoms with Gasteiger partial charge < -0.3 is 11.1 Å². The van der Waals surface area contributed by atoms with Gasteiger partial charge in [0.2, 0.25) is 5.91 Å². The van der Waals surface area contributed by atoms with Crippen molar-refractivity contribution in [3.63, 3.8) is 0 Å². The molecule has 4 heteroatoms. The predicted molar refractivity (Wildman–Crippen MR) is 78.7 cm³/mol. The minimum absolute atomic E-state index is 0.0625. The number of carbonyl (C=O) groups is 1. The summed E-state index contributed by atoms with van der Waals surface area (Å²) in [6.07, 6.45) is 3.63. The molecule has 3 nitrogen and oxygen atoms in total. The van der Waals surface area contributed by atoms with E-state index in [4.69, 9.17) is 5.73 Å². The second-order valence-electron chi connectivity index (χ2n) is 4.49. The average Bonchev–Trinajstić information content (AvgIpc) is 2.37. The molecular weight excluding hydrogens is 244 g/mol. The van der Waals surface area contributed by atoms with Crippen molar-refractivity contribution < 1.29 is 4.79 Å². The Morgan fingerprint density at radius 2 is 2.06 bits per heavy atom. The molecular formula is C14H22N2OS. The zero-order valence-corrected chi connectivity index (χ0v) is 11.9. The van der Waals surface area contributed by atoms with Gasteiger partial charge in [0.15, 0.2) is 0 Å². The van der Waals surface area contributed by atoms with Crippen LogP contribution in [0.25, 0.3) is 0 Å². The van der Waals surface area contributed by atoms with E-state index in [1.807, 2.05) is 37.3 Å². The molecule has 2 atom stereocenters. The molecule has 1 aromatic carbocycles. The lowest BCUT2D eigenvalue weighted by molar-refractivity contribution is -0.122. The summed E-state index contributed by atoms with van der Waals surface area (Å²) in [7, 11) is 0. The summed E-state index contributed by atoms with van der Waals surface area (Å²) < 4.78 is 0. The van der Waals surface area contributed by atoms with Gasteiger partial charge in [0, 0.05) is 6.04 Å². The summed E-state index contributed by atoms with van der Waals surface area (Å²) in [5, 5.41) is 2.96. The molecule has 0 aliphatic heterocycles. The second-order valence-corrected chi connectivity index (χ2v) is 5.47. The number of carbonyl (C=O) groups excluding carboxylic acids is 1. The van der Waals surface area contributed by atoms with Gasteiger partial charge in [-0.1, -0.05) is 30.3 Å². The maximum absolute atomic E-state index is 11.9. The molecule has 0 aliphatic rings. The van der Waals surface area contributed by atoms with E-state index >= 15 is 0 Å². The van der Waals surface area contributed by atoms with E-state index in [0.717, 1.165) is 17.7 Å². The van der Waals surface area contributed by atoms with E-state index in [2.05, 4.69) is 11.6 Å². The van der Waals surface area contributed by atoms with Crippen LogP contribution in [0, 0.1) is 0 Å². The molecule has 1 unspecified atom stereocenters. The van der Waals surface area contributed by atoms with Crippen molar-refractivity contribution in [1.82, 2.24) is 5.32 Å². The van der Waals surface area contributed by atoms with Crippen molar-refractivity contribution in [2.45, 2.75) is 31.8 Å². The largest absolute Gasteiger partial charge is 0.352 e. The number of amides is 1. The molecule has 3 N–H and O–H groups in total. The third kappa shape index (κ3) is 5.56. The number of hydrogen-bond acceptors (Lipinski definition) is 3. The van der Waals surface area contributed by atoms with E-state index in [1.165, 1.54) is 0 Å². The van der Waals surface area contributed by atoms with Crippen molar-refractivity contribution in [3.8, 4) is 0 Å². The Balaban J connectivity index is 2.37. The molecule has 1 amide bonds. The third-order valence-corrected chi connectivity index (χ3v) is 3.42. The molecule has 0 spiro atoms. The quantitative estimate of drug-likeness (QED) is 0.791. The molecule has 0 heterocycles. The van der Waals surface area contributed by atoms with Gasteiger partial charge in [-0.25, -0.2) is 0 Å². The van der Waals surface area contributed by atoms with Crippen LogP contribution >= 0.6 is 11.8 Å². The van der Waals surface area contributed by atoms with E-state index in [9.17, 15) is 4.79 Å². The highest BCUT2D eigenvalue weighted by Crippen LogP contribution is 2.03. The van der Waals surface area contributed by atoms with Crippen LogP contribution in [0.3, 0.4) is 0 Å². The fourth-order valence-electron chi connectivity index (χ4n) is 1.68. The Morgan fingerprint density at radius 3 is 2.67 bits per heavy atom. The Labute approximate surface area is 114 Å². The highest BCUT2D eigenvalue weighted by atomic mass is 32.2. The fraction of sp³-hybridized carbons (Fsp3) is 0.500. The first-order valence-corrected chi connectivity index (χ1v) is 7.61. The topological polar surface area (TPSA) is 55.1 Å². The molecule has 0 fully saturated rings. The summed E-state index contributed by atoms with van der Waals surface area (Å²) >= 11 is 1.79. The van der Waals surface area contributed by atoms with Crippen LogP contribution in [0.5, 0.6) is 0 Å². The van der Waals surface area contributed by atoms with Crippen LogP contribution in [0.2, 0.25) is 0 Å². The molecule has 0 saturated carbocycles. The third-order valence-electron chi connectivity index (χ3n) is 2.78. The van der Waals surface area contributed by atoms with Gasteiger partial charge in [0.25, 0.3) is 0 Å². The Bertz CT molecular complexity index is 356. The highest BCUT2D eigenvalue weighted by Gasteiger charge is 2.15. The second kappa shape index (κ2) is 8.16. The van der Waals surface area contributed by atoms with Crippen LogP contribution in [-0.2, 0) is 11.2 Å². The first-order valence-electron chi connectivity index (χ1n) is 6.22. The van der Waals surface area contributed by atoms with Crippen molar-refractivity contribution in [2.75, 3.05) is 12.0 Å². The lowest BCUT2D eigenvalue weighted by Gasteiger charge is -2.17. The van der Waals surface area contributed by atoms with E-state index in [-0.39, 0.29) is 11.9 Å². The first kappa shape index (κ1) is 15.1. The van der Waals surface area contributed by atoms with Crippen molar-refractivity contribution in [1.29, 1.82) is 0 Å². The Kier molecular flexibility index (Phi) is 6.83. The monoisotopic (exact) mass is 266 g/mol. The van der Waals surface area contributed by atoms with Crippen molar-refractivity contribution in [3.05, 3.63) is 35.9 Å². The molecule has 0 aromatic heterocycles. The van der Waals surface area contributed by atoms with Crippen LogP contribution in [0.15, 0.2) is 30.3 Å². The highest BCUT2D eigenvalue weighted by molar-refractivity contribution is 7.98. The summed E-state index contributed by atoms with van der Waals surface area (Å²) in [4.78, 5) is 11.9. The van der Waals surface area contributed by atoms with Gasteiger partial charge in [-0.2, -0.15) is 11.8 Å². The van der Waals surface area contributed by atoms with Gasteiger partial charge in [-0.05, 0) is 37.3 Å². The Morgan fingerprint density at radius 1 is 1.39 bits per heavy atom. The summed E-state index contributed by atoms with van der Waals surface area (Å²) in [5.41, 5.74) is 7.00. The zero-order valence-electron chi connectivity index (χ0n) is 11.1. The molecule has 100 valence electrons. The lowest BCUT2D eigenvalue weighted by atomic mass is 10.1. The van der Waals surface area contributed by atoms with E-state index < -0.39 is 6.04 Å². The van der Waals surface area contributed by atoms with Gasteiger partial charge in [-0.15, -0.1) is 0 Å². The molecule has 1 rings (SSSR count). The smallest absolute Gasteiger partial charge is 0.237 e. The number of nitrogens with one attached hydrogen (secondary N) is 1. The van der Waals surface area contributed by atoms with Crippen molar-refractivity contribution >= 4 is 17.7 Å².